The van der Waals surface area contributed by atoms with Crippen LogP contribution in [0.4, 0.5) is 37.7 Å². The lowest BCUT2D eigenvalue weighted by Crippen LogP contribution is -2.23. The molecule has 1 aromatic carbocycles. The fourth-order valence-electron chi connectivity index (χ4n) is 3.90. The second kappa shape index (κ2) is 10.7. The van der Waals surface area contributed by atoms with Gasteiger partial charge in [-0.2, -0.15) is 26.3 Å². The van der Waals surface area contributed by atoms with Gasteiger partial charge in [0.05, 0.1) is 41.1 Å². The van der Waals surface area contributed by atoms with Crippen molar-refractivity contribution >= 4 is 17.2 Å². The van der Waals surface area contributed by atoms with Gasteiger partial charge in [0.25, 0.3) is 0 Å². The summed E-state index contributed by atoms with van der Waals surface area (Å²) in [5, 5.41) is 9.09. The zero-order valence-corrected chi connectivity index (χ0v) is 20.3. The lowest BCUT2D eigenvalue weighted by atomic mass is 10.0. The van der Waals surface area contributed by atoms with Gasteiger partial charge in [-0.1, -0.05) is 12.1 Å². The fraction of sp³-hybridized carbons (Fsp3) is 0.111. The molecule has 204 valence electrons. The highest BCUT2D eigenvalue weighted by atomic mass is 19.4. The van der Waals surface area contributed by atoms with Crippen molar-refractivity contribution in [2.75, 3.05) is 10.6 Å². The van der Waals surface area contributed by atoms with Gasteiger partial charge in [0.15, 0.2) is 0 Å². The van der Waals surface area contributed by atoms with Crippen molar-refractivity contribution in [2.24, 2.45) is 4.99 Å². The zero-order chi connectivity index (χ0) is 28.3. The molecule has 5 rings (SSSR count). The fourth-order valence-corrected chi connectivity index (χ4v) is 3.90. The third kappa shape index (κ3) is 6.03. The number of alkyl halides is 6. The molecule has 0 saturated carbocycles. The number of aliphatic imine (C=N–C) groups is 1. The molecular weight excluding hydrogens is 536 g/mol. The Hall–Kier alpha value is -4.94. The Kier molecular flexibility index (Phi) is 7.11. The molecule has 3 aromatic heterocycles. The van der Waals surface area contributed by atoms with E-state index in [0.29, 0.717) is 23.6 Å². The quantitative estimate of drug-likeness (QED) is 0.246. The topological polar surface area (TPSA) is 87.1 Å². The highest BCUT2D eigenvalue weighted by Gasteiger charge is 2.35. The number of pyridine rings is 3. The normalized spacial score (nSPS) is 14.2. The van der Waals surface area contributed by atoms with E-state index in [1.54, 1.807) is 24.5 Å². The number of aromatic nitrogens is 3. The van der Waals surface area contributed by atoms with E-state index >= 15 is 0 Å². The Bertz CT molecular complexity index is 1560. The van der Waals surface area contributed by atoms with Crippen LogP contribution in [0.5, 0.6) is 0 Å². The van der Waals surface area contributed by atoms with E-state index in [9.17, 15) is 26.3 Å². The molecule has 0 atom stereocenters. The van der Waals surface area contributed by atoms with Gasteiger partial charge >= 0.3 is 12.4 Å². The van der Waals surface area contributed by atoms with Crippen LogP contribution in [0, 0.1) is 0 Å². The van der Waals surface area contributed by atoms with E-state index in [1.807, 2.05) is 12.1 Å². The molecule has 0 saturated heterocycles. The van der Waals surface area contributed by atoms with Crippen LogP contribution < -0.4 is 16.0 Å². The maximum absolute atomic E-state index is 13.6. The van der Waals surface area contributed by atoms with Gasteiger partial charge in [0.2, 0.25) is 0 Å². The largest absolute Gasteiger partial charge is 0.433 e. The number of benzene rings is 1. The summed E-state index contributed by atoms with van der Waals surface area (Å²) in [5.74, 6) is 0.532. The first-order valence-electron chi connectivity index (χ1n) is 11.7. The smallest absolute Gasteiger partial charge is 0.382 e. The van der Waals surface area contributed by atoms with E-state index in [1.165, 1.54) is 30.5 Å². The molecule has 4 aromatic rings. The van der Waals surface area contributed by atoms with Crippen LogP contribution in [0.3, 0.4) is 0 Å². The minimum absolute atomic E-state index is 0.206. The SMILES string of the molecule is FC(F)(F)c1ccc(NC2=NC(=CNCc3ccccn3)Nc3cc(-c4ncccc4C(F)(F)F)ccc32)cn1. The zero-order valence-electron chi connectivity index (χ0n) is 20.3. The maximum Gasteiger partial charge on any atom is 0.433 e. The predicted molar refractivity (Wildman–Crippen MR) is 137 cm³/mol. The van der Waals surface area contributed by atoms with Crippen LogP contribution in [-0.2, 0) is 18.9 Å². The first-order valence-corrected chi connectivity index (χ1v) is 11.7. The number of rotatable bonds is 5. The number of nitrogens with zero attached hydrogens (tertiary/aromatic N) is 4. The van der Waals surface area contributed by atoms with Crippen molar-refractivity contribution in [2.45, 2.75) is 18.9 Å². The molecule has 0 bridgehead atoms. The number of halogens is 6. The molecular formula is C27H19F6N7. The number of nitrogens with one attached hydrogen (secondary N) is 3. The van der Waals surface area contributed by atoms with Gasteiger partial charge in [-0.3, -0.25) is 9.97 Å². The van der Waals surface area contributed by atoms with Crippen molar-refractivity contribution in [1.29, 1.82) is 0 Å². The standard InChI is InChI=1S/C27H19F6N7/c28-26(29,30)20-5-3-11-36-24(20)16-6-8-19-21(12-16)39-23(15-34-13-17-4-1-2-10-35-17)40-25(19)38-18-7-9-22(37-14-18)27(31,32)33/h1-12,14-15,34,39H,13H2,(H,38,40). The Balaban J connectivity index is 1.49. The highest BCUT2D eigenvalue weighted by Crippen LogP contribution is 2.38. The molecule has 3 N–H and O–H groups in total. The molecule has 13 heteroatoms. The summed E-state index contributed by atoms with van der Waals surface area (Å²) in [7, 11) is 0. The van der Waals surface area contributed by atoms with Crippen LogP contribution in [-0.4, -0.2) is 20.8 Å². The lowest BCUT2D eigenvalue weighted by molar-refractivity contribution is -0.141. The Morgan fingerprint density at radius 1 is 0.825 bits per heavy atom. The number of fused-ring (bicyclic) bond motifs is 1. The van der Waals surface area contributed by atoms with Crippen LogP contribution in [0.2, 0.25) is 0 Å². The van der Waals surface area contributed by atoms with Gasteiger partial charge in [0.1, 0.15) is 17.4 Å². The van der Waals surface area contributed by atoms with E-state index in [0.717, 1.165) is 24.0 Å². The van der Waals surface area contributed by atoms with Gasteiger partial charge < -0.3 is 16.0 Å². The number of hydrogen-bond donors (Lipinski definition) is 3. The first-order chi connectivity index (χ1) is 19.1. The minimum atomic E-state index is -4.61. The number of hydrogen-bond acceptors (Lipinski definition) is 7. The van der Waals surface area contributed by atoms with Crippen molar-refractivity contribution < 1.29 is 26.3 Å². The summed E-state index contributed by atoms with van der Waals surface area (Å²) in [5.41, 5.74) is -0.124. The summed E-state index contributed by atoms with van der Waals surface area (Å²) >= 11 is 0. The lowest BCUT2D eigenvalue weighted by Gasteiger charge is -2.22. The van der Waals surface area contributed by atoms with Crippen molar-refractivity contribution in [3.63, 3.8) is 0 Å². The average molecular weight is 555 g/mol. The Labute approximate surface area is 223 Å². The molecule has 0 radical (unpaired) electrons. The summed E-state index contributed by atoms with van der Waals surface area (Å²) in [6.07, 6.45) is -3.71. The first kappa shape index (κ1) is 26.7. The summed E-state index contributed by atoms with van der Waals surface area (Å²) < 4.78 is 79.7. The molecule has 0 aliphatic carbocycles. The van der Waals surface area contributed by atoms with Crippen LogP contribution >= 0.6 is 0 Å². The van der Waals surface area contributed by atoms with E-state index < -0.39 is 23.6 Å². The summed E-state index contributed by atoms with van der Waals surface area (Å²) in [6, 6.07) is 14.2. The highest BCUT2D eigenvalue weighted by molar-refractivity contribution is 6.13. The number of amidine groups is 1. The van der Waals surface area contributed by atoms with Gasteiger partial charge in [-0.15, -0.1) is 0 Å². The molecule has 0 spiro atoms. The molecule has 0 fully saturated rings. The Morgan fingerprint density at radius 3 is 2.35 bits per heavy atom. The second-order valence-corrected chi connectivity index (χ2v) is 8.53. The van der Waals surface area contributed by atoms with E-state index in [2.05, 4.69) is 35.9 Å². The molecule has 1 aliphatic rings. The number of anilines is 2. The van der Waals surface area contributed by atoms with Crippen LogP contribution in [0.15, 0.2) is 96.3 Å². The van der Waals surface area contributed by atoms with E-state index in [-0.39, 0.29) is 22.8 Å². The second-order valence-electron chi connectivity index (χ2n) is 8.53. The van der Waals surface area contributed by atoms with E-state index in [4.69, 9.17) is 0 Å². The van der Waals surface area contributed by atoms with Gasteiger partial charge in [-0.25, -0.2) is 9.98 Å². The van der Waals surface area contributed by atoms with Crippen LogP contribution in [0.1, 0.15) is 22.5 Å². The van der Waals surface area contributed by atoms with Crippen molar-refractivity contribution in [1.82, 2.24) is 20.3 Å². The molecule has 0 unspecified atom stereocenters. The predicted octanol–water partition coefficient (Wildman–Crippen LogP) is 6.45. The minimum Gasteiger partial charge on any atom is -0.382 e. The van der Waals surface area contributed by atoms with Gasteiger partial charge in [0, 0.05) is 29.7 Å². The third-order valence-electron chi connectivity index (χ3n) is 5.72. The van der Waals surface area contributed by atoms with Crippen molar-refractivity contribution in [3.05, 3.63) is 114 Å². The molecule has 7 nitrogen and oxygen atoms in total. The molecule has 0 amide bonds. The summed E-state index contributed by atoms with van der Waals surface area (Å²) in [6.45, 7) is 0.364. The molecule has 40 heavy (non-hydrogen) atoms. The Morgan fingerprint density at radius 2 is 1.65 bits per heavy atom. The summed E-state index contributed by atoms with van der Waals surface area (Å²) in [4.78, 5) is 16.1. The van der Waals surface area contributed by atoms with Gasteiger partial charge in [-0.05, 0) is 48.5 Å². The average Bonchev–Trinajstić information content (AvgIpc) is 2.93. The molecule has 4 heterocycles. The van der Waals surface area contributed by atoms with Crippen LogP contribution in [0.25, 0.3) is 11.3 Å². The monoisotopic (exact) mass is 555 g/mol. The maximum atomic E-state index is 13.6. The van der Waals surface area contributed by atoms with Crippen molar-refractivity contribution in [3.8, 4) is 11.3 Å². The third-order valence-corrected chi connectivity index (χ3v) is 5.72. The molecule has 1 aliphatic heterocycles.